The summed E-state index contributed by atoms with van der Waals surface area (Å²) >= 11 is 0. The zero-order chi connectivity index (χ0) is 14.8. The minimum absolute atomic E-state index is 0.0940. The standard InChI is InChI=1S/C15H15N3O3/c1-17-11-5-2-3-6-12(11)18(15(17)20)9-8-16-14(19)13-7-4-10-21-13/h2-7,10H,8-9H2,1H3,(H,16,19). The van der Waals surface area contributed by atoms with Crippen LogP contribution in [-0.4, -0.2) is 21.6 Å². The Bertz CT molecular complexity index is 828. The summed E-state index contributed by atoms with van der Waals surface area (Å²) in [5.41, 5.74) is 1.64. The van der Waals surface area contributed by atoms with Gasteiger partial charge in [-0.25, -0.2) is 4.79 Å². The van der Waals surface area contributed by atoms with Crippen molar-refractivity contribution in [3.8, 4) is 0 Å². The van der Waals surface area contributed by atoms with Gasteiger partial charge in [0.2, 0.25) is 0 Å². The molecule has 1 aromatic carbocycles. The molecule has 0 aliphatic carbocycles. The van der Waals surface area contributed by atoms with Gasteiger partial charge in [-0.3, -0.25) is 13.9 Å². The van der Waals surface area contributed by atoms with E-state index < -0.39 is 0 Å². The van der Waals surface area contributed by atoms with Crippen LogP contribution in [0.4, 0.5) is 0 Å². The summed E-state index contributed by atoms with van der Waals surface area (Å²) in [6.07, 6.45) is 1.45. The quantitative estimate of drug-likeness (QED) is 0.787. The van der Waals surface area contributed by atoms with E-state index in [1.807, 2.05) is 24.3 Å². The summed E-state index contributed by atoms with van der Waals surface area (Å²) in [5, 5.41) is 2.73. The average molecular weight is 285 g/mol. The van der Waals surface area contributed by atoms with Gasteiger partial charge in [0, 0.05) is 20.1 Å². The van der Waals surface area contributed by atoms with E-state index >= 15 is 0 Å². The van der Waals surface area contributed by atoms with Crippen LogP contribution in [0.3, 0.4) is 0 Å². The highest BCUT2D eigenvalue weighted by Crippen LogP contribution is 2.10. The lowest BCUT2D eigenvalue weighted by atomic mass is 10.3. The number of nitrogens with one attached hydrogen (secondary N) is 1. The zero-order valence-corrected chi connectivity index (χ0v) is 11.6. The third-order valence-electron chi connectivity index (χ3n) is 3.42. The van der Waals surface area contributed by atoms with Crippen LogP contribution in [-0.2, 0) is 13.6 Å². The molecule has 0 spiro atoms. The van der Waals surface area contributed by atoms with E-state index in [9.17, 15) is 9.59 Å². The topological polar surface area (TPSA) is 69.2 Å². The number of aryl methyl sites for hydroxylation is 1. The number of fused-ring (bicyclic) bond motifs is 1. The number of rotatable bonds is 4. The molecule has 0 radical (unpaired) electrons. The van der Waals surface area contributed by atoms with E-state index in [1.165, 1.54) is 6.26 Å². The minimum Gasteiger partial charge on any atom is -0.459 e. The Morgan fingerprint density at radius 3 is 2.67 bits per heavy atom. The first-order valence-electron chi connectivity index (χ1n) is 6.64. The molecule has 6 nitrogen and oxygen atoms in total. The maximum atomic E-state index is 12.2. The smallest absolute Gasteiger partial charge is 0.328 e. The Morgan fingerprint density at radius 2 is 1.95 bits per heavy atom. The Morgan fingerprint density at radius 1 is 1.19 bits per heavy atom. The molecule has 108 valence electrons. The highest BCUT2D eigenvalue weighted by atomic mass is 16.3. The number of nitrogens with zero attached hydrogens (tertiary/aromatic N) is 2. The Balaban J connectivity index is 1.76. The first-order chi connectivity index (χ1) is 10.2. The van der Waals surface area contributed by atoms with Crippen molar-refractivity contribution in [1.29, 1.82) is 0 Å². The van der Waals surface area contributed by atoms with Gasteiger partial charge in [-0.05, 0) is 24.3 Å². The second-order valence-electron chi connectivity index (χ2n) is 4.72. The minimum atomic E-state index is -0.284. The van der Waals surface area contributed by atoms with Gasteiger partial charge in [-0.2, -0.15) is 0 Å². The normalized spacial score (nSPS) is 10.9. The number of carbonyl (C=O) groups excluding carboxylic acids is 1. The van der Waals surface area contributed by atoms with E-state index in [0.29, 0.717) is 13.1 Å². The van der Waals surface area contributed by atoms with Gasteiger partial charge in [0.25, 0.3) is 5.91 Å². The number of furan rings is 1. The highest BCUT2D eigenvalue weighted by Gasteiger charge is 2.11. The molecule has 0 aliphatic heterocycles. The van der Waals surface area contributed by atoms with Gasteiger partial charge < -0.3 is 9.73 Å². The van der Waals surface area contributed by atoms with Crippen LogP contribution < -0.4 is 11.0 Å². The first kappa shape index (κ1) is 13.2. The number of carbonyl (C=O) groups is 1. The number of amides is 1. The lowest BCUT2D eigenvalue weighted by Crippen LogP contribution is -2.31. The van der Waals surface area contributed by atoms with Crippen LogP contribution in [0.25, 0.3) is 11.0 Å². The molecule has 0 bridgehead atoms. The molecule has 1 N–H and O–H groups in total. The van der Waals surface area contributed by atoms with Crippen molar-refractivity contribution in [2.45, 2.75) is 6.54 Å². The van der Waals surface area contributed by atoms with Crippen molar-refractivity contribution in [3.05, 3.63) is 58.9 Å². The van der Waals surface area contributed by atoms with Gasteiger partial charge in [0.1, 0.15) is 0 Å². The third-order valence-corrected chi connectivity index (χ3v) is 3.42. The van der Waals surface area contributed by atoms with E-state index in [-0.39, 0.29) is 17.4 Å². The van der Waals surface area contributed by atoms with Gasteiger partial charge in [0.05, 0.1) is 17.3 Å². The first-order valence-corrected chi connectivity index (χ1v) is 6.64. The average Bonchev–Trinajstić information content (AvgIpc) is 3.11. The Hall–Kier alpha value is -2.76. The van der Waals surface area contributed by atoms with E-state index in [4.69, 9.17) is 4.42 Å². The third kappa shape index (κ3) is 2.35. The summed E-state index contributed by atoms with van der Waals surface area (Å²) in [7, 11) is 1.74. The monoisotopic (exact) mass is 285 g/mol. The molecule has 1 amide bonds. The van der Waals surface area contributed by atoms with Crippen LogP contribution in [0, 0.1) is 0 Å². The van der Waals surface area contributed by atoms with Gasteiger partial charge in [-0.1, -0.05) is 12.1 Å². The van der Waals surface area contributed by atoms with Crippen molar-refractivity contribution in [2.24, 2.45) is 7.05 Å². The van der Waals surface area contributed by atoms with Crippen LogP contribution in [0.1, 0.15) is 10.6 Å². The Labute approximate surface area is 120 Å². The summed E-state index contributed by atoms with van der Waals surface area (Å²) in [4.78, 5) is 23.9. The van der Waals surface area contributed by atoms with Crippen molar-refractivity contribution in [1.82, 2.24) is 14.5 Å². The highest BCUT2D eigenvalue weighted by molar-refractivity contribution is 5.91. The summed E-state index contributed by atoms with van der Waals surface area (Å²) in [5.74, 6) is -0.0199. The second-order valence-corrected chi connectivity index (χ2v) is 4.72. The number of aromatic nitrogens is 2. The summed E-state index contributed by atoms with van der Waals surface area (Å²) in [6.45, 7) is 0.764. The molecule has 0 unspecified atom stereocenters. The molecule has 3 rings (SSSR count). The molecule has 21 heavy (non-hydrogen) atoms. The molecular weight excluding hydrogens is 270 g/mol. The Kier molecular flexibility index (Phi) is 3.35. The predicted octanol–water partition coefficient (Wildman–Crippen LogP) is 1.36. The van der Waals surface area contributed by atoms with Gasteiger partial charge >= 0.3 is 5.69 Å². The van der Waals surface area contributed by atoms with Crippen LogP contribution in [0.15, 0.2) is 51.9 Å². The number of para-hydroxylation sites is 2. The zero-order valence-electron chi connectivity index (χ0n) is 11.6. The van der Waals surface area contributed by atoms with E-state index in [0.717, 1.165) is 11.0 Å². The summed E-state index contributed by atoms with van der Waals surface area (Å²) in [6, 6.07) is 10.8. The molecular formula is C15H15N3O3. The lowest BCUT2D eigenvalue weighted by Gasteiger charge is -2.04. The van der Waals surface area contributed by atoms with E-state index in [2.05, 4.69) is 5.32 Å². The fourth-order valence-corrected chi connectivity index (χ4v) is 2.36. The van der Waals surface area contributed by atoms with Crippen LogP contribution >= 0.6 is 0 Å². The number of hydrogen-bond acceptors (Lipinski definition) is 3. The second kappa shape index (κ2) is 5.32. The van der Waals surface area contributed by atoms with Crippen LogP contribution in [0.5, 0.6) is 0 Å². The fraction of sp³-hybridized carbons (Fsp3) is 0.200. The van der Waals surface area contributed by atoms with Crippen molar-refractivity contribution < 1.29 is 9.21 Å². The summed E-state index contributed by atoms with van der Waals surface area (Å²) < 4.78 is 8.26. The number of hydrogen-bond donors (Lipinski definition) is 1. The van der Waals surface area contributed by atoms with Crippen LogP contribution in [0.2, 0.25) is 0 Å². The van der Waals surface area contributed by atoms with E-state index in [1.54, 1.807) is 28.3 Å². The molecule has 0 aliphatic rings. The molecule has 0 saturated heterocycles. The van der Waals surface area contributed by atoms with Gasteiger partial charge in [0.15, 0.2) is 5.76 Å². The van der Waals surface area contributed by atoms with Crippen molar-refractivity contribution >= 4 is 16.9 Å². The number of benzene rings is 1. The molecule has 3 aromatic rings. The van der Waals surface area contributed by atoms with Crippen molar-refractivity contribution in [3.63, 3.8) is 0 Å². The largest absolute Gasteiger partial charge is 0.459 e. The predicted molar refractivity (Wildman–Crippen MR) is 78.2 cm³/mol. The maximum absolute atomic E-state index is 12.2. The molecule has 6 heteroatoms. The van der Waals surface area contributed by atoms with Gasteiger partial charge in [-0.15, -0.1) is 0 Å². The molecule has 0 atom stereocenters. The fourth-order valence-electron chi connectivity index (χ4n) is 2.36. The number of imidazole rings is 1. The molecule has 0 saturated carbocycles. The molecule has 2 aromatic heterocycles. The SMILES string of the molecule is Cn1c(=O)n(CCNC(=O)c2ccco2)c2ccccc21. The molecule has 2 heterocycles. The molecule has 0 fully saturated rings. The lowest BCUT2D eigenvalue weighted by molar-refractivity contribution is 0.0924. The van der Waals surface area contributed by atoms with Crippen molar-refractivity contribution in [2.75, 3.05) is 6.54 Å². The maximum Gasteiger partial charge on any atom is 0.328 e.